The van der Waals surface area contributed by atoms with E-state index in [0.717, 1.165) is 62.8 Å². The van der Waals surface area contributed by atoms with Gasteiger partial charge in [0.1, 0.15) is 0 Å². The van der Waals surface area contributed by atoms with Crippen LogP contribution >= 0.6 is 0 Å². The van der Waals surface area contributed by atoms with Gasteiger partial charge in [0.2, 0.25) is 11.8 Å². The quantitative estimate of drug-likeness (QED) is 0.343. The van der Waals surface area contributed by atoms with Crippen molar-refractivity contribution in [2.75, 3.05) is 64.2 Å². The fourth-order valence-corrected chi connectivity index (χ4v) is 8.23. The van der Waals surface area contributed by atoms with E-state index in [1.54, 1.807) is 15.9 Å². The van der Waals surface area contributed by atoms with E-state index in [-0.39, 0.29) is 42.2 Å². The molecule has 0 radical (unpaired) electrons. The number of rotatable bonds is 7. The average molecular weight is 695 g/mol. The SMILES string of the molecule is O=C(CC(Cc1cc(C(F)(F)F)c2[nH]ncc2c1)C(=O)N1CCN(C2CCNCC2)CC1)N1CCC(N2CCc3ccccc3NC2=O)CC1. The molecule has 5 heterocycles. The Morgan fingerprint density at radius 1 is 0.900 bits per heavy atom. The van der Waals surface area contributed by atoms with Crippen molar-refractivity contribution in [2.24, 2.45) is 5.92 Å². The van der Waals surface area contributed by atoms with Gasteiger partial charge >= 0.3 is 12.2 Å². The van der Waals surface area contributed by atoms with Crippen molar-refractivity contribution < 1.29 is 27.6 Å². The first-order valence-electron chi connectivity index (χ1n) is 17.8. The molecule has 1 atom stereocenters. The number of hydrogen-bond acceptors (Lipinski definition) is 6. The second kappa shape index (κ2) is 14.6. The van der Waals surface area contributed by atoms with Crippen LogP contribution < -0.4 is 10.6 Å². The molecule has 3 N–H and O–H groups in total. The number of aromatic amines is 1. The van der Waals surface area contributed by atoms with Gasteiger partial charge in [0, 0.05) is 75.4 Å². The minimum Gasteiger partial charge on any atom is -0.343 e. The predicted octanol–water partition coefficient (Wildman–Crippen LogP) is 4.11. The number of alkyl halides is 3. The third kappa shape index (κ3) is 7.46. The number of amides is 4. The zero-order valence-corrected chi connectivity index (χ0v) is 28.2. The lowest BCUT2D eigenvalue weighted by molar-refractivity contribution is -0.143. The van der Waals surface area contributed by atoms with Crippen LogP contribution in [0.3, 0.4) is 0 Å². The number of fused-ring (bicyclic) bond motifs is 2. The Kier molecular flexibility index (Phi) is 10.0. The average Bonchev–Trinajstić information content (AvgIpc) is 3.53. The number of carbonyl (C=O) groups excluding carboxylic acids is 3. The van der Waals surface area contributed by atoms with Crippen LogP contribution in [-0.2, 0) is 28.6 Å². The lowest BCUT2D eigenvalue weighted by atomic mass is 9.91. The van der Waals surface area contributed by atoms with Gasteiger partial charge in [-0.2, -0.15) is 18.3 Å². The molecular formula is C36H45F3N8O3. The fourth-order valence-electron chi connectivity index (χ4n) is 8.23. The molecule has 3 aromatic rings. The number of piperazine rings is 1. The maximum Gasteiger partial charge on any atom is 0.418 e. The third-order valence-electron chi connectivity index (χ3n) is 11.0. The summed E-state index contributed by atoms with van der Waals surface area (Å²) < 4.78 is 42.2. The van der Waals surface area contributed by atoms with Gasteiger partial charge in [-0.15, -0.1) is 0 Å². The summed E-state index contributed by atoms with van der Waals surface area (Å²) in [6.07, 6.45) is 0.743. The van der Waals surface area contributed by atoms with Gasteiger partial charge in [0.05, 0.1) is 23.2 Å². The Morgan fingerprint density at radius 3 is 2.38 bits per heavy atom. The highest BCUT2D eigenvalue weighted by Crippen LogP contribution is 2.36. The number of likely N-dealkylation sites (tertiary alicyclic amines) is 1. The lowest BCUT2D eigenvalue weighted by Gasteiger charge is -2.42. The number of halogens is 3. The largest absolute Gasteiger partial charge is 0.418 e. The van der Waals surface area contributed by atoms with Crippen molar-refractivity contribution in [3.05, 3.63) is 59.3 Å². The second-order valence-corrected chi connectivity index (χ2v) is 14.1. The first kappa shape index (κ1) is 34.3. The van der Waals surface area contributed by atoms with Crippen molar-refractivity contribution in [3.63, 3.8) is 0 Å². The highest BCUT2D eigenvalue weighted by molar-refractivity contribution is 5.91. The van der Waals surface area contributed by atoms with Crippen molar-refractivity contribution in [1.82, 2.24) is 35.1 Å². The number of carbonyl (C=O) groups is 3. The summed E-state index contributed by atoms with van der Waals surface area (Å²) in [6, 6.07) is 10.8. The molecular weight excluding hydrogens is 649 g/mol. The Bertz CT molecular complexity index is 1690. The molecule has 4 amide bonds. The summed E-state index contributed by atoms with van der Waals surface area (Å²) in [5, 5.41) is 13.0. The van der Waals surface area contributed by atoms with E-state index < -0.39 is 17.7 Å². The molecule has 7 rings (SSSR count). The van der Waals surface area contributed by atoms with Gasteiger partial charge in [-0.3, -0.25) is 19.6 Å². The molecule has 11 nitrogen and oxygen atoms in total. The Morgan fingerprint density at radius 2 is 1.64 bits per heavy atom. The van der Waals surface area contributed by atoms with Crippen LogP contribution in [0.15, 0.2) is 42.6 Å². The number of piperidine rings is 2. The van der Waals surface area contributed by atoms with E-state index in [2.05, 4.69) is 25.7 Å². The number of aromatic nitrogens is 2. The van der Waals surface area contributed by atoms with Crippen LogP contribution in [0, 0.1) is 5.92 Å². The molecule has 14 heteroatoms. The number of urea groups is 1. The van der Waals surface area contributed by atoms with E-state index in [1.165, 1.54) is 6.20 Å². The Labute approximate surface area is 289 Å². The lowest BCUT2D eigenvalue weighted by Crippen LogP contribution is -2.55. The van der Waals surface area contributed by atoms with Crippen molar-refractivity contribution in [3.8, 4) is 0 Å². The van der Waals surface area contributed by atoms with Crippen molar-refractivity contribution in [2.45, 2.75) is 63.2 Å². The van der Waals surface area contributed by atoms with Crippen molar-refractivity contribution in [1.29, 1.82) is 0 Å². The summed E-state index contributed by atoms with van der Waals surface area (Å²) in [5.74, 6) is -1.20. The van der Waals surface area contributed by atoms with Crippen LogP contribution in [0.4, 0.5) is 23.7 Å². The molecule has 1 unspecified atom stereocenters. The van der Waals surface area contributed by atoms with Crippen LogP contribution in [0.5, 0.6) is 0 Å². The maximum absolute atomic E-state index is 14.2. The molecule has 268 valence electrons. The van der Waals surface area contributed by atoms with Gasteiger partial charge in [-0.05, 0) is 80.9 Å². The second-order valence-electron chi connectivity index (χ2n) is 14.1. The maximum atomic E-state index is 14.2. The molecule has 0 spiro atoms. The molecule has 50 heavy (non-hydrogen) atoms. The Hall–Kier alpha value is -4.17. The standard InChI is InChI=1S/C36H45F3N8O3/c37-36(38,39)30-21-24(20-27-23-41-43-33(27)30)19-26(34(49)46-17-15-44(16-18-46)28-5-10-40-11-6-28)22-32(48)45-12-8-29(9-13-45)47-14-7-25-3-1-2-4-31(25)42-35(47)50/h1-4,20-21,23,26,28-29,40H,5-19,22H2,(H,41,43)(H,42,50). The smallest absolute Gasteiger partial charge is 0.343 e. The van der Waals surface area contributed by atoms with E-state index >= 15 is 0 Å². The fraction of sp³-hybridized carbons (Fsp3) is 0.556. The third-order valence-corrected chi connectivity index (χ3v) is 11.0. The molecule has 1 aromatic heterocycles. The molecule has 2 aromatic carbocycles. The number of H-pyrrole nitrogens is 1. The monoisotopic (exact) mass is 694 g/mol. The molecule has 3 saturated heterocycles. The molecule has 4 aliphatic heterocycles. The minimum absolute atomic E-state index is 0.00819. The number of nitrogens with one attached hydrogen (secondary N) is 3. The normalized spacial score (nSPS) is 20.8. The van der Waals surface area contributed by atoms with Crippen molar-refractivity contribution >= 4 is 34.4 Å². The number of nitrogens with zero attached hydrogens (tertiary/aromatic N) is 5. The molecule has 0 saturated carbocycles. The Balaban J connectivity index is 1.03. The molecule has 0 aliphatic carbocycles. The molecule has 0 bridgehead atoms. The van der Waals surface area contributed by atoms with Crippen LogP contribution in [0.25, 0.3) is 10.9 Å². The van der Waals surface area contributed by atoms with Crippen LogP contribution in [-0.4, -0.2) is 119 Å². The highest BCUT2D eigenvalue weighted by Gasteiger charge is 2.37. The van der Waals surface area contributed by atoms with E-state index in [0.29, 0.717) is 62.6 Å². The topological polar surface area (TPSA) is 117 Å². The van der Waals surface area contributed by atoms with Crippen LogP contribution in [0.2, 0.25) is 0 Å². The van der Waals surface area contributed by atoms with E-state index in [4.69, 9.17) is 0 Å². The summed E-state index contributed by atoms with van der Waals surface area (Å²) in [6.45, 7) is 5.94. The predicted molar refractivity (Wildman–Crippen MR) is 182 cm³/mol. The first-order valence-corrected chi connectivity index (χ1v) is 17.8. The number of anilines is 1. The summed E-state index contributed by atoms with van der Waals surface area (Å²) in [7, 11) is 0. The number of benzene rings is 2. The molecule has 4 aliphatic rings. The van der Waals surface area contributed by atoms with E-state index in [9.17, 15) is 27.6 Å². The number of hydrogen-bond donors (Lipinski definition) is 3. The van der Waals surface area contributed by atoms with E-state index in [1.807, 2.05) is 29.2 Å². The van der Waals surface area contributed by atoms with Crippen LogP contribution in [0.1, 0.15) is 48.8 Å². The minimum atomic E-state index is -4.61. The van der Waals surface area contributed by atoms with Gasteiger partial charge < -0.3 is 25.3 Å². The zero-order chi connectivity index (χ0) is 34.8. The zero-order valence-electron chi connectivity index (χ0n) is 28.2. The summed E-state index contributed by atoms with van der Waals surface area (Å²) in [5.41, 5.74) is 1.33. The van der Waals surface area contributed by atoms with Gasteiger partial charge in [0.15, 0.2) is 0 Å². The molecule has 3 fully saturated rings. The van der Waals surface area contributed by atoms with Gasteiger partial charge in [-0.25, -0.2) is 4.79 Å². The summed E-state index contributed by atoms with van der Waals surface area (Å²) >= 11 is 0. The first-order chi connectivity index (χ1) is 24.1. The summed E-state index contributed by atoms with van der Waals surface area (Å²) in [4.78, 5) is 48.9. The van der Waals surface area contributed by atoms with Gasteiger partial charge in [0.25, 0.3) is 0 Å². The number of para-hydroxylation sites is 1. The highest BCUT2D eigenvalue weighted by atomic mass is 19.4. The van der Waals surface area contributed by atoms with Gasteiger partial charge in [-0.1, -0.05) is 18.2 Å².